The Morgan fingerprint density at radius 1 is 1.31 bits per heavy atom. The molecule has 1 aromatic heterocycles. The van der Waals surface area contributed by atoms with Crippen LogP contribution in [0, 0.1) is 5.92 Å². The van der Waals surface area contributed by atoms with Gasteiger partial charge in [0.15, 0.2) is 0 Å². The maximum Gasteiger partial charge on any atom is 0.121 e. The van der Waals surface area contributed by atoms with Gasteiger partial charge in [0.05, 0.1) is 6.61 Å². The Bertz CT molecular complexity index is 471. The molecule has 0 saturated carbocycles. The van der Waals surface area contributed by atoms with Gasteiger partial charge in [0.25, 0.3) is 0 Å². The molecule has 0 aliphatic carbocycles. The first kappa shape index (κ1) is 9.73. The van der Waals surface area contributed by atoms with E-state index in [-0.39, 0.29) is 0 Å². The van der Waals surface area contributed by atoms with E-state index in [1.54, 1.807) is 0 Å². The summed E-state index contributed by atoms with van der Waals surface area (Å²) < 4.78 is 5.81. The number of hydrogen-bond donors (Lipinski definition) is 2. The molecule has 3 nitrogen and oxygen atoms in total. The quantitative estimate of drug-likeness (QED) is 0.825. The Kier molecular flexibility index (Phi) is 2.54. The van der Waals surface area contributed by atoms with E-state index in [2.05, 4.69) is 28.5 Å². The van der Waals surface area contributed by atoms with E-state index in [1.165, 1.54) is 11.8 Å². The van der Waals surface area contributed by atoms with Crippen LogP contribution in [0.5, 0.6) is 5.75 Å². The van der Waals surface area contributed by atoms with Gasteiger partial charge in [0, 0.05) is 30.2 Å². The van der Waals surface area contributed by atoms with Crippen LogP contribution in [0.1, 0.15) is 6.42 Å². The number of aromatic nitrogens is 1. The Labute approximate surface area is 94.8 Å². The van der Waals surface area contributed by atoms with Crippen molar-refractivity contribution in [3.63, 3.8) is 0 Å². The van der Waals surface area contributed by atoms with Gasteiger partial charge in [-0.05, 0) is 36.6 Å². The molecule has 1 fully saturated rings. The second-order valence-corrected chi connectivity index (χ2v) is 4.40. The smallest absolute Gasteiger partial charge is 0.121 e. The zero-order chi connectivity index (χ0) is 10.8. The van der Waals surface area contributed by atoms with Gasteiger partial charge in [-0.2, -0.15) is 0 Å². The normalized spacial score (nSPS) is 20.4. The summed E-state index contributed by atoms with van der Waals surface area (Å²) in [7, 11) is 0. The highest BCUT2D eigenvalue weighted by molar-refractivity contribution is 5.80. The second-order valence-electron chi connectivity index (χ2n) is 4.40. The minimum absolute atomic E-state index is 0.666. The minimum Gasteiger partial charge on any atom is -0.493 e. The summed E-state index contributed by atoms with van der Waals surface area (Å²) in [5.74, 6) is 1.63. The number of H-pyrrole nitrogens is 1. The van der Waals surface area contributed by atoms with Gasteiger partial charge < -0.3 is 15.0 Å². The number of rotatable bonds is 3. The molecule has 3 rings (SSSR count). The Hall–Kier alpha value is -1.48. The van der Waals surface area contributed by atoms with Crippen LogP contribution < -0.4 is 10.1 Å². The SMILES string of the molecule is c1cc2ccc(OCC3CCNC3)cc2[nH]1. The number of aromatic amines is 1. The first-order valence-electron chi connectivity index (χ1n) is 5.82. The lowest BCUT2D eigenvalue weighted by atomic mass is 10.1. The zero-order valence-corrected chi connectivity index (χ0v) is 9.20. The minimum atomic E-state index is 0.666. The van der Waals surface area contributed by atoms with Crippen LogP contribution in [-0.2, 0) is 0 Å². The molecule has 1 saturated heterocycles. The van der Waals surface area contributed by atoms with Crippen LogP contribution in [0.4, 0.5) is 0 Å². The van der Waals surface area contributed by atoms with Gasteiger partial charge in [-0.1, -0.05) is 0 Å². The van der Waals surface area contributed by atoms with Crippen molar-refractivity contribution in [2.75, 3.05) is 19.7 Å². The molecule has 2 aromatic rings. The van der Waals surface area contributed by atoms with E-state index in [4.69, 9.17) is 4.74 Å². The largest absolute Gasteiger partial charge is 0.493 e. The fourth-order valence-corrected chi connectivity index (χ4v) is 2.19. The third-order valence-corrected chi connectivity index (χ3v) is 3.17. The molecule has 1 aromatic carbocycles. The van der Waals surface area contributed by atoms with Crippen molar-refractivity contribution in [1.29, 1.82) is 0 Å². The van der Waals surface area contributed by atoms with Crippen LogP contribution >= 0.6 is 0 Å². The maximum atomic E-state index is 5.81. The van der Waals surface area contributed by atoms with Crippen molar-refractivity contribution in [1.82, 2.24) is 10.3 Å². The molecule has 0 bridgehead atoms. The van der Waals surface area contributed by atoms with Crippen LogP contribution in [-0.4, -0.2) is 24.7 Å². The molecule has 1 aliphatic heterocycles. The molecule has 0 amide bonds. The standard InChI is InChI=1S/C13H16N2O/c1-2-12(7-13-11(1)4-6-15-13)16-9-10-3-5-14-8-10/h1-2,4,6-7,10,14-15H,3,5,8-9H2. The predicted molar refractivity (Wildman–Crippen MR) is 64.8 cm³/mol. The molecule has 0 radical (unpaired) electrons. The van der Waals surface area contributed by atoms with Crippen molar-refractivity contribution in [2.45, 2.75) is 6.42 Å². The molecule has 16 heavy (non-hydrogen) atoms. The van der Waals surface area contributed by atoms with E-state index in [9.17, 15) is 0 Å². The average molecular weight is 216 g/mol. The van der Waals surface area contributed by atoms with E-state index in [0.29, 0.717) is 5.92 Å². The molecular formula is C13H16N2O. The van der Waals surface area contributed by atoms with Crippen LogP contribution in [0.3, 0.4) is 0 Å². The van der Waals surface area contributed by atoms with Gasteiger partial charge in [0.1, 0.15) is 5.75 Å². The van der Waals surface area contributed by atoms with Gasteiger partial charge in [0.2, 0.25) is 0 Å². The topological polar surface area (TPSA) is 37.0 Å². The van der Waals surface area contributed by atoms with Crippen molar-refractivity contribution in [3.05, 3.63) is 30.5 Å². The van der Waals surface area contributed by atoms with E-state index in [1.807, 2.05) is 12.3 Å². The summed E-state index contributed by atoms with van der Waals surface area (Å²) in [5.41, 5.74) is 1.14. The summed E-state index contributed by atoms with van der Waals surface area (Å²) >= 11 is 0. The first-order chi connectivity index (χ1) is 7.92. The van der Waals surface area contributed by atoms with Gasteiger partial charge >= 0.3 is 0 Å². The second kappa shape index (κ2) is 4.18. The Morgan fingerprint density at radius 3 is 3.19 bits per heavy atom. The van der Waals surface area contributed by atoms with Crippen molar-refractivity contribution in [2.24, 2.45) is 5.92 Å². The third-order valence-electron chi connectivity index (χ3n) is 3.17. The van der Waals surface area contributed by atoms with Crippen LogP contribution in [0.15, 0.2) is 30.5 Å². The van der Waals surface area contributed by atoms with Crippen molar-refractivity contribution < 1.29 is 4.74 Å². The van der Waals surface area contributed by atoms with Crippen LogP contribution in [0.25, 0.3) is 10.9 Å². The molecule has 0 spiro atoms. The molecule has 84 valence electrons. The van der Waals surface area contributed by atoms with Gasteiger partial charge in [-0.3, -0.25) is 0 Å². The first-order valence-corrected chi connectivity index (χ1v) is 5.82. The number of hydrogen-bond acceptors (Lipinski definition) is 2. The predicted octanol–water partition coefficient (Wildman–Crippen LogP) is 2.16. The highest BCUT2D eigenvalue weighted by Crippen LogP contribution is 2.20. The highest BCUT2D eigenvalue weighted by Gasteiger charge is 2.14. The molecule has 1 aliphatic rings. The molecule has 1 unspecified atom stereocenters. The fraction of sp³-hybridized carbons (Fsp3) is 0.385. The number of nitrogens with one attached hydrogen (secondary N) is 2. The summed E-state index contributed by atoms with van der Waals surface area (Å²) in [6, 6.07) is 8.27. The summed E-state index contributed by atoms with van der Waals surface area (Å²) in [4.78, 5) is 3.20. The summed E-state index contributed by atoms with van der Waals surface area (Å²) in [6.45, 7) is 3.04. The highest BCUT2D eigenvalue weighted by atomic mass is 16.5. The van der Waals surface area contributed by atoms with E-state index >= 15 is 0 Å². The van der Waals surface area contributed by atoms with Gasteiger partial charge in [-0.15, -0.1) is 0 Å². The third kappa shape index (κ3) is 1.91. The number of fused-ring (bicyclic) bond motifs is 1. The lowest BCUT2D eigenvalue weighted by Crippen LogP contribution is -2.15. The average Bonchev–Trinajstić information content (AvgIpc) is 2.97. The monoisotopic (exact) mass is 216 g/mol. The molecule has 2 N–H and O–H groups in total. The molecular weight excluding hydrogens is 200 g/mol. The zero-order valence-electron chi connectivity index (χ0n) is 9.20. The van der Waals surface area contributed by atoms with Crippen molar-refractivity contribution in [3.8, 4) is 5.75 Å². The van der Waals surface area contributed by atoms with Crippen molar-refractivity contribution >= 4 is 10.9 Å². The maximum absolute atomic E-state index is 5.81. The van der Waals surface area contributed by atoms with Gasteiger partial charge in [-0.25, -0.2) is 0 Å². The Balaban J connectivity index is 1.68. The number of ether oxygens (including phenoxy) is 1. The lowest BCUT2D eigenvalue weighted by molar-refractivity contribution is 0.260. The lowest BCUT2D eigenvalue weighted by Gasteiger charge is -2.10. The molecule has 2 heterocycles. The summed E-state index contributed by atoms with van der Waals surface area (Å²) in [5, 5.41) is 4.58. The Morgan fingerprint density at radius 2 is 2.31 bits per heavy atom. The molecule has 1 atom stereocenters. The number of benzene rings is 1. The fourth-order valence-electron chi connectivity index (χ4n) is 2.19. The summed E-state index contributed by atoms with van der Waals surface area (Å²) in [6.07, 6.45) is 3.18. The van der Waals surface area contributed by atoms with E-state index in [0.717, 1.165) is 31.0 Å². The van der Waals surface area contributed by atoms with Crippen LogP contribution in [0.2, 0.25) is 0 Å². The van der Waals surface area contributed by atoms with E-state index < -0.39 is 0 Å². The molecule has 3 heteroatoms.